The normalized spacial score (nSPS) is 14.8. The fraction of sp³-hybridized carbons (Fsp3) is 0.500. The largest absolute Gasteiger partial charge is 0.493 e. The topological polar surface area (TPSA) is 47.9 Å². The van der Waals surface area contributed by atoms with Crippen molar-refractivity contribution in [2.75, 3.05) is 20.3 Å². The summed E-state index contributed by atoms with van der Waals surface area (Å²) in [6.45, 7) is 4.48. The maximum absolute atomic E-state index is 9.96. The van der Waals surface area contributed by atoms with Gasteiger partial charge in [-0.15, -0.1) is 0 Å². The van der Waals surface area contributed by atoms with Crippen LogP contribution in [0.15, 0.2) is 12.1 Å². The second-order valence-electron chi connectivity index (χ2n) is 4.26. The minimum absolute atomic E-state index is 0.519. The molecule has 0 aromatic heterocycles. The first-order chi connectivity index (χ1) is 7.52. The monoisotopic (exact) mass is 224 g/mol. The van der Waals surface area contributed by atoms with Gasteiger partial charge in [0.1, 0.15) is 13.2 Å². The highest BCUT2D eigenvalue weighted by molar-refractivity contribution is 5.55. The number of benzene rings is 1. The molecule has 0 aliphatic carbocycles. The Kier molecular flexibility index (Phi) is 2.68. The lowest BCUT2D eigenvalue weighted by Crippen LogP contribution is -2.19. The van der Waals surface area contributed by atoms with E-state index in [-0.39, 0.29) is 0 Å². The third kappa shape index (κ3) is 1.93. The van der Waals surface area contributed by atoms with Gasteiger partial charge in [-0.05, 0) is 31.5 Å². The highest BCUT2D eigenvalue weighted by Crippen LogP contribution is 2.42. The van der Waals surface area contributed by atoms with E-state index in [1.54, 1.807) is 33.1 Å². The number of fused-ring (bicyclic) bond motifs is 1. The van der Waals surface area contributed by atoms with Crippen LogP contribution in [0.1, 0.15) is 19.4 Å². The molecular weight excluding hydrogens is 208 g/mol. The molecule has 16 heavy (non-hydrogen) atoms. The Hall–Kier alpha value is -1.42. The summed E-state index contributed by atoms with van der Waals surface area (Å²) in [5.41, 5.74) is -0.183. The van der Waals surface area contributed by atoms with Gasteiger partial charge in [0.25, 0.3) is 0 Å². The zero-order valence-electron chi connectivity index (χ0n) is 9.74. The van der Waals surface area contributed by atoms with Crippen LogP contribution >= 0.6 is 0 Å². The van der Waals surface area contributed by atoms with Gasteiger partial charge in [-0.3, -0.25) is 0 Å². The molecule has 0 saturated heterocycles. The van der Waals surface area contributed by atoms with Gasteiger partial charge in [-0.1, -0.05) is 0 Å². The van der Waals surface area contributed by atoms with E-state index >= 15 is 0 Å². The SMILES string of the molecule is COc1cc(C(C)(C)O)cc2c1OCCO2. The van der Waals surface area contributed by atoms with Crippen molar-refractivity contribution < 1.29 is 19.3 Å². The van der Waals surface area contributed by atoms with Crippen LogP contribution in [0.3, 0.4) is 0 Å². The Balaban J connectivity index is 2.52. The summed E-state index contributed by atoms with van der Waals surface area (Å²) < 4.78 is 16.2. The predicted molar refractivity (Wildman–Crippen MR) is 59.2 cm³/mol. The molecule has 4 heteroatoms. The van der Waals surface area contributed by atoms with Gasteiger partial charge < -0.3 is 19.3 Å². The Labute approximate surface area is 94.8 Å². The molecule has 0 spiro atoms. The Morgan fingerprint density at radius 2 is 1.94 bits per heavy atom. The van der Waals surface area contributed by atoms with Crippen LogP contribution < -0.4 is 14.2 Å². The Bertz CT molecular complexity index is 375. The number of rotatable bonds is 2. The smallest absolute Gasteiger partial charge is 0.203 e. The molecule has 0 atom stereocenters. The van der Waals surface area contributed by atoms with Crippen LogP contribution in [0.25, 0.3) is 0 Å². The first-order valence-corrected chi connectivity index (χ1v) is 5.23. The summed E-state index contributed by atoms with van der Waals surface area (Å²) in [6.07, 6.45) is 0. The van der Waals surface area contributed by atoms with E-state index in [1.165, 1.54) is 0 Å². The molecule has 2 rings (SSSR count). The molecule has 1 aromatic rings. The summed E-state index contributed by atoms with van der Waals surface area (Å²) >= 11 is 0. The van der Waals surface area contributed by atoms with Crippen LogP contribution in [0.4, 0.5) is 0 Å². The molecule has 1 aliphatic rings. The van der Waals surface area contributed by atoms with Gasteiger partial charge in [0, 0.05) is 0 Å². The highest BCUT2D eigenvalue weighted by atomic mass is 16.6. The maximum atomic E-state index is 9.96. The quantitative estimate of drug-likeness (QED) is 0.830. The number of hydrogen-bond donors (Lipinski definition) is 1. The van der Waals surface area contributed by atoms with Crippen molar-refractivity contribution in [3.63, 3.8) is 0 Å². The van der Waals surface area contributed by atoms with Crippen LogP contribution in [0.5, 0.6) is 17.2 Å². The predicted octanol–water partition coefficient (Wildman–Crippen LogP) is 1.69. The van der Waals surface area contributed by atoms with Crippen LogP contribution in [-0.4, -0.2) is 25.4 Å². The van der Waals surface area contributed by atoms with Gasteiger partial charge in [0.05, 0.1) is 12.7 Å². The number of ether oxygens (including phenoxy) is 3. The second-order valence-corrected chi connectivity index (χ2v) is 4.26. The van der Waals surface area contributed by atoms with E-state index in [0.29, 0.717) is 30.5 Å². The fourth-order valence-electron chi connectivity index (χ4n) is 1.63. The van der Waals surface area contributed by atoms with E-state index < -0.39 is 5.60 Å². The van der Waals surface area contributed by atoms with Gasteiger partial charge >= 0.3 is 0 Å². The van der Waals surface area contributed by atoms with Gasteiger partial charge in [-0.25, -0.2) is 0 Å². The Morgan fingerprint density at radius 1 is 1.25 bits per heavy atom. The van der Waals surface area contributed by atoms with Crippen molar-refractivity contribution in [1.29, 1.82) is 0 Å². The summed E-state index contributed by atoms with van der Waals surface area (Å²) in [6, 6.07) is 3.56. The van der Waals surface area contributed by atoms with Crippen molar-refractivity contribution in [1.82, 2.24) is 0 Å². The maximum Gasteiger partial charge on any atom is 0.203 e. The van der Waals surface area contributed by atoms with Crippen molar-refractivity contribution in [2.24, 2.45) is 0 Å². The summed E-state index contributed by atoms with van der Waals surface area (Å²) in [7, 11) is 1.57. The van der Waals surface area contributed by atoms with Gasteiger partial charge in [0.15, 0.2) is 11.5 Å². The molecule has 1 aliphatic heterocycles. The van der Waals surface area contributed by atoms with Crippen LogP contribution in [0.2, 0.25) is 0 Å². The van der Waals surface area contributed by atoms with Crippen molar-refractivity contribution in [3.05, 3.63) is 17.7 Å². The van der Waals surface area contributed by atoms with Gasteiger partial charge in [0.2, 0.25) is 5.75 Å². The summed E-state index contributed by atoms with van der Waals surface area (Å²) in [5.74, 6) is 1.83. The molecule has 4 nitrogen and oxygen atoms in total. The number of aliphatic hydroxyl groups is 1. The second kappa shape index (κ2) is 3.87. The van der Waals surface area contributed by atoms with E-state index in [4.69, 9.17) is 14.2 Å². The van der Waals surface area contributed by atoms with E-state index in [2.05, 4.69) is 0 Å². The number of hydrogen-bond acceptors (Lipinski definition) is 4. The standard InChI is InChI=1S/C12H16O4/c1-12(2,13)8-6-9(14-3)11-10(7-8)15-4-5-16-11/h6-7,13H,4-5H2,1-3H3. The molecule has 88 valence electrons. The molecule has 1 heterocycles. The lowest BCUT2D eigenvalue weighted by Gasteiger charge is -2.25. The van der Waals surface area contributed by atoms with Crippen molar-refractivity contribution in [3.8, 4) is 17.2 Å². The van der Waals surface area contributed by atoms with Crippen LogP contribution in [0, 0.1) is 0 Å². The molecule has 0 radical (unpaired) electrons. The van der Waals surface area contributed by atoms with Crippen molar-refractivity contribution in [2.45, 2.75) is 19.4 Å². The lowest BCUT2D eigenvalue weighted by atomic mass is 9.97. The van der Waals surface area contributed by atoms with E-state index in [0.717, 1.165) is 5.56 Å². The van der Waals surface area contributed by atoms with E-state index in [1.807, 2.05) is 0 Å². The highest BCUT2D eigenvalue weighted by Gasteiger charge is 2.24. The molecule has 0 bridgehead atoms. The molecule has 0 fully saturated rings. The molecule has 0 amide bonds. The summed E-state index contributed by atoms with van der Waals surface area (Å²) in [5, 5.41) is 9.96. The average Bonchev–Trinajstić information content (AvgIpc) is 2.26. The Morgan fingerprint density at radius 3 is 2.56 bits per heavy atom. The zero-order valence-corrected chi connectivity index (χ0v) is 9.74. The first kappa shape index (κ1) is 11.1. The number of methoxy groups -OCH3 is 1. The fourth-order valence-corrected chi connectivity index (χ4v) is 1.63. The van der Waals surface area contributed by atoms with Gasteiger partial charge in [-0.2, -0.15) is 0 Å². The summed E-state index contributed by atoms with van der Waals surface area (Å²) in [4.78, 5) is 0. The molecule has 1 aromatic carbocycles. The zero-order chi connectivity index (χ0) is 11.8. The average molecular weight is 224 g/mol. The third-order valence-corrected chi connectivity index (χ3v) is 2.53. The molecular formula is C12H16O4. The van der Waals surface area contributed by atoms with Crippen molar-refractivity contribution >= 4 is 0 Å². The molecule has 0 unspecified atom stereocenters. The van der Waals surface area contributed by atoms with E-state index in [9.17, 15) is 5.11 Å². The minimum atomic E-state index is -0.927. The molecule has 1 N–H and O–H groups in total. The minimum Gasteiger partial charge on any atom is -0.493 e. The lowest BCUT2D eigenvalue weighted by molar-refractivity contribution is 0.0771. The first-order valence-electron chi connectivity index (χ1n) is 5.23. The third-order valence-electron chi connectivity index (χ3n) is 2.53. The van der Waals surface area contributed by atoms with Crippen LogP contribution in [-0.2, 0) is 5.60 Å². The molecule has 0 saturated carbocycles.